The van der Waals surface area contributed by atoms with Crippen molar-refractivity contribution in [3.63, 3.8) is 0 Å². The van der Waals surface area contributed by atoms with Crippen LogP contribution >= 0.6 is 0 Å². The highest BCUT2D eigenvalue weighted by molar-refractivity contribution is 7.79. The summed E-state index contributed by atoms with van der Waals surface area (Å²) in [4.78, 5) is 2.34. The second kappa shape index (κ2) is 6.50. The zero-order valence-electron chi connectivity index (χ0n) is 8.70. The van der Waals surface area contributed by atoms with E-state index in [-0.39, 0.29) is 0 Å². The van der Waals surface area contributed by atoms with Gasteiger partial charge in [0.1, 0.15) is 0 Å². The SMILES string of the molecule is CNC1CCCN(CCCS(=O)[O-])C1. The summed E-state index contributed by atoms with van der Waals surface area (Å²) in [5.74, 6) is 0.292. The van der Waals surface area contributed by atoms with Crippen molar-refractivity contribution in [1.29, 1.82) is 0 Å². The summed E-state index contributed by atoms with van der Waals surface area (Å²) in [5, 5.41) is 3.27. The van der Waals surface area contributed by atoms with Crippen LogP contribution < -0.4 is 5.32 Å². The predicted molar refractivity (Wildman–Crippen MR) is 56.9 cm³/mol. The fourth-order valence-corrected chi connectivity index (χ4v) is 2.27. The second-order valence-corrected chi connectivity index (χ2v) is 4.81. The van der Waals surface area contributed by atoms with Crippen molar-refractivity contribution in [2.45, 2.75) is 25.3 Å². The summed E-state index contributed by atoms with van der Waals surface area (Å²) in [7, 11) is 1.99. The van der Waals surface area contributed by atoms with Crippen LogP contribution in [0, 0.1) is 0 Å². The molecule has 0 aliphatic carbocycles. The molecule has 1 aliphatic heterocycles. The van der Waals surface area contributed by atoms with Crippen LogP contribution in [0.5, 0.6) is 0 Å². The van der Waals surface area contributed by atoms with E-state index in [1.165, 1.54) is 12.8 Å². The van der Waals surface area contributed by atoms with Crippen molar-refractivity contribution in [3.05, 3.63) is 0 Å². The van der Waals surface area contributed by atoms with Crippen LogP contribution in [-0.2, 0) is 11.1 Å². The first kappa shape index (κ1) is 12.1. The van der Waals surface area contributed by atoms with E-state index in [2.05, 4.69) is 10.2 Å². The van der Waals surface area contributed by atoms with E-state index in [1.54, 1.807) is 0 Å². The van der Waals surface area contributed by atoms with E-state index >= 15 is 0 Å². The maximum absolute atomic E-state index is 10.3. The fraction of sp³-hybridized carbons (Fsp3) is 1.00. The maximum Gasteiger partial charge on any atom is 0.0192 e. The maximum atomic E-state index is 10.3. The quantitative estimate of drug-likeness (QED) is 0.658. The summed E-state index contributed by atoms with van der Waals surface area (Å²) in [6.45, 7) is 3.08. The van der Waals surface area contributed by atoms with Crippen molar-refractivity contribution in [1.82, 2.24) is 10.2 Å². The molecule has 0 bridgehead atoms. The molecule has 1 aliphatic rings. The molecule has 1 heterocycles. The molecule has 0 radical (unpaired) electrons. The van der Waals surface area contributed by atoms with Gasteiger partial charge >= 0.3 is 0 Å². The van der Waals surface area contributed by atoms with Gasteiger partial charge in [-0.3, -0.25) is 4.21 Å². The van der Waals surface area contributed by atoms with Crippen molar-refractivity contribution in [2.24, 2.45) is 0 Å². The Hall–Kier alpha value is 0.0300. The van der Waals surface area contributed by atoms with Crippen molar-refractivity contribution in [3.8, 4) is 0 Å². The zero-order chi connectivity index (χ0) is 10.4. The Morgan fingerprint density at radius 3 is 3.07 bits per heavy atom. The van der Waals surface area contributed by atoms with Gasteiger partial charge < -0.3 is 14.8 Å². The minimum Gasteiger partial charge on any atom is -0.772 e. The Morgan fingerprint density at radius 1 is 1.64 bits per heavy atom. The first-order valence-electron chi connectivity index (χ1n) is 5.18. The molecular weight excluding hydrogens is 200 g/mol. The minimum atomic E-state index is -1.87. The zero-order valence-corrected chi connectivity index (χ0v) is 9.52. The molecule has 4 nitrogen and oxygen atoms in total. The van der Waals surface area contributed by atoms with Crippen LogP contribution in [0.3, 0.4) is 0 Å². The van der Waals surface area contributed by atoms with Gasteiger partial charge in [0.25, 0.3) is 0 Å². The van der Waals surface area contributed by atoms with E-state index in [0.29, 0.717) is 11.8 Å². The monoisotopic (exact) mass is 219 g/mol. The molecule has 0 spiro atoms. The molecular formula is C9H19N2O2S-. The molecule has 0 aromatic rings. The van der Waals surface area contributed by atoms with Crippen LogP contribution in [0.4, 0.5) is 0 Å². The number of hydrogen-bond acceptors (Lipinski definition) is 4. The molecule has 0 saturated carbocycles. The lowest BCUT2D eigenvalue weighted by molar-refractivity contribution is 0.196. The molecule has 5 heteroatoms. The Balaban J connectivity index is 2.14. The fourth-order valence-electron chi connectivity index (χ4n) is 1.90. The lowest BCUT2D eigenvalue weighted by Gasteiger charge is -2.32. The van der Waals surface area contributed by atoms with Gasteiger partial charge in [0, 0.05) is 18.3 Å². The van der Waals surface area contributed by atoms with Gasteiger partial charge in [0.2, 0.25) is 0 Å². The number of hydrogen-bond donors (Lipinski definition) is 1. The topological polar surface area (TPSA) is 55.4 Å². The average Bonchev–Trinajstić information content (AvgIpc) is 2.18. The second-order valence-electron chi connectivity index (χ2n) is 3.79. The number of likely N-dealkylation sites (tertiary alicyclic amines) is 1. The Bertz CT molecular complexity index is 190. The molecule has 14 heavy (non-hydrogen) atoms. The van der Waals surface area contributed by atoms with Crippen LogP contribution in [0.25, 0.3) is 0 Å². The van der Waals surface area contributed by atoms with E-state index < -0.39 is 11.1 Å². The predicted octanol–water partition coefficient (Wildman–Crippen LogP) is -0.0606. The highest BCUT2D eigenvalue weighted by Gasteiger charge is 2.17. The summed E-state index contributed by atoms with van der Waals surface area (Å²) >= 11 is -1.87. The van der Waals surface area contributed by atoms with Gasteiger partial charge in [-0.2, -0.15) is 0 Å². The molecule has 1 saturated heterocycles. The largest absolute Gasteiger partial charge is 0.772 e. The van der Waals surface area contributed by atoms with Crippen LogP contribution in [0.1, 0.15) is 19.3 Å². The molecule has 0 aromatic heterocycles. The molecule has 84 valence electrons. The van der Waals surface area contributed by atoms with Crippen LogP contribution in [0.2, 0.25) is 0 Å². The third-order valence-corrected chi connectivity index (χ3v) is 3.32. The van der Waals surface area contributed by atoms with Crippen molar-refractivity contribution < 1.29 is 8.76 Å². The Labute approximate surface area is 88.3 Å². The average molecular weight is 219 g/mol. The lowest BCUT2D eigenvalue weighted by atomic mass is 10.1. The number of nitrogens with zero attached hydrogens (tertiary/aromatic N) is 1. The highest BCUT2D eigenvalue weighted by Crippen LogP contribution is 2.09. The molecule has 0 amide bonds. The summed E-state index contributed by atoms with van der Waals surface area (Å²) in [6.07, 6.45) is 3.21. The first-order valence-corrected chi connectivity index (χ1v) is 6.42. The van der Waals surface area contributed by atoms with Gasteiger partial charge in [0.15, 0.2) is 0 Å². The first-order chi connectivity index (χ1) is 6.72. The summed E-state index contributed by atoms with van der Waals surface area (Å²) in [6, 6.07) is 0.585. The van der Waals surface area contributed by atoms with Gasteiger partial charge in [-0.25, -0.2) is 0 Å². The Morgan fingerprint density at radius 2 is 2.43 bits per heavy atom. The Kier molecular flexibility index (Phi) is 5.62. The smallest absolute Gasteiger partial charge is 0.0192 e. The summed E-state index contributed by atoms with van der Waals surface area (Å²) < 4.78 is 20.7. The minimum absolute atomic E-state index is 0.292. The summed E-state index contributed by atoms with van der Waals surface area (Å²) in [5.41, 5.74) is 0. The molecule has 0 aromatic carbocycles. The van der Waals surface area contributed by atoms with E-state index in [0.717, 1.165) is 26.1 Å². The standard InChI is InChI=1S/C9H20N2O2S/c1-10-9-4-2-5-11(8-9)6-3-7-14(12)13/h9-10H,2-8H2,1H3,(H,12,13)/p-1. The molecule has 1 fully saturated rings. The van der Waals surface area contributed by atoms with Crippen molar-refractivity contribution in [2.75, 3.05) is 32.4 Å². The van der Waals surface area contributed by atoms with E-state index in [4.69, 9.17) is 0 Å². The molecule has 1 N–H and O–H groups in total. The van der Waals surface area contributed by atoms with Gasteiger partial charge in [-0.1, -0.05) is 11.1 Å². The van der Waals surface area contributed by atoms with E-state index in [9.17, 15) is 8.76 Å². The van der Waals surface area contributed by atoms with E-state index in [1.807, 2.05) is 7.05 Å². The number of nitrogens with one attached hydrogen (secondary N) is 1. The molecule has 2 atom stereocenters. The van der Waals surface area contributed by atoms with Crippen LogP contribution in [0.15, 0.2) is 0 Å². The van der Waals surface area contributed by atoms with Gasteiger partial charge in [-0.05, 0) is 39.4 Å². The third-order valence-electron chi connectivity index (χ3n) is 2.70. The van der Waals surface area contributed by atoms with Crippen LogP contribution in [-0.4, -0.2) is 52.1 Å². The number of rotatable bonds is 5. The van der Waals surface area contributed by atoms with Crippen molar-refractivity contribution >= 4 is 11.1 Å². The lowest BCUT2D eigenvalue weighted by Crippen LogP contribution is -2.44. The number of piperidine rings is 1. The third kappa shape index (κ3) is 4.50. The highest BCUT2D eigenvalue weighted by atomic mass is 32.2. The number of likely N-dealkylation sites (N-methyl/N-ethyl adjacent to an activating group) is 1. The normalized spacial score (nSPS) is 26.3. The van der Waals surface area contributed by atoms with Gasteiger partial charge in [0.05, 0.1) is 0 Å². The van der Waals surface area contributed by atoms with Gasteiger partial charge in [-0.15, -0.1) is 0 Å². The molecule has 2 unspecified atom stereocenters. The molecule has 1 rings (SSSR count).